The molecule has 106 valence electrons. The Bertz CT molecular complexity index is 531. The quantitative estimate of drug-likeness (QED) is 0.855. The molecule has 2 unspecified atom stereocenters. The minimum absolute atomic E-state index is 0.0568. The van der Waals surface area contributed by atoms with Gasteiger partial charge in [0.15, 0.2) is 0 Å². The Morgan fingerprint density at radius 1 is 1.47 bits per heavy atom. The summed E-state index contributed by atoms with van der Waals surface area (Å²) in [6.07, 6.45) is 3.06. The average Bonchev–Trinajstić information content (AvgIpc) is 2.39. The number of sulfonamides is 1. The Morgan fingerprint density at radius 3 is 2.68 bits per heavy atom. The van der Waals surface area contributed by atoms with E-state index in [0.717, 1.165) is 0 Å². The van der Waals surface area contributed by atoms with Crippen molar-refractivity contribution in [3.63, 3.8) is 0 Å². The predicted octanol–water partition coefficient (Wildman–Crippen LogP) is 0.247. The van der Waals surface area contributed by atoms with E-state index in [1.165, 1.54) is 16.7 Å². The molecule has 1 aliphatic heterocycles. The normalized spacial score (nSPS) is 25.4. The predicted molar refractivity (Wildman–Crippen MR) is 69.8 cm³/mol. The molecule has 0 bridgehead atoms. The molecule has 1 aromatic rings. The first-order valence-electron chi connectivity index (χ1n) is 6.16. The van der Waals surface area contributed by atoms with Crippen LogP contribution in [-0.2, 0) is 14.8 Å². The monoisotopic (exact) mass is 286 g/mol. The Kier molecular flexibility index (Phi) is 4.02. The van der Waals surface area contributed by atoms with E-state index in [0.29, 0.717) is 19.6 Å². The fourth-order valence-corrected chi connectivity index (χ4v) is 3.68. The summed E-state index contributed by atoms with van der Waals surface area (Å²) in [5.74, 6) is 0.0568. The molecule has 2 rings (SSSR count). The number of morpholine rings is 1. The van der Waals surface area contributed by atoms with Crippen LogP contribution in [0.2, 0.25) is 0 Å². The minimum atomic E-state index is -3.60. The van der Waals surface area contributed by atoms with Gasteiger partial charge in [0.05, 0.1) is 25.1 Å². The van der Waals surface area contributed by atoms with E-state index < -0.39 is 10.0 Å². The van der Waals surface area contributed by atoms with Crippen molar-refractivity contribution in [1.29, 1.82) is 0 Å². The fraction of sp³-hybridized carbons (Fsp3) is 0.636. The van der Waals surface area contributed by atoms with E-state index in [4.69, 9.17) is 10.5 Å². The van der Waals surface area contributed by atoms with Gasteiger partial charge in [-0.25, -0.2) is 18.4 Å². The molecule has 8 heteroatoms. The lowest BCUT2D eigenvalue weighted by Gasteiger charge is -2.37. The summed E-state index contributed by atoms with van der Waals surface area (Å²) in [5, 5.41) is 0. The summed E-state index contributed by atoms with van der Waals surface area (Å²) >= 11 is 0. The van der Waals surface area contributed by atoms with Crippen molar-refractivity contribution in [3.8, 4) is 0 Å². The average molecular weight is 286 g/mol. The van der Waals surface area contributed by atoms with Gasteiger partial charge in [-0.2, -0.15) is 4.31 Å². The summed E-state index contributed by atoms with van der Waals surface area (Å²) in [7, 11) is -3.60. The summed E-state index contributed by atoms with van der Waals surface area (Å²) in [6.45, 7) is 4.54. The number of rotatable bonds is 3. The maximum atomic E-state index is 12.6. The summed E-state index contributed by atoms with van der Waals surface area (Å²) in [4.78, 5) is 7.54. The van der Waals surface area contributed by atoms with Crippen LogP contribution in [0.4, 0.5) is 5.95 Å². The van der Waals surface area contributed by atoms with E-state index in [9.17, 15) is 8.42 Å². The van der Waals surface area contributed by atoms with E-state index in [2.05, 4.69) is 9.97 Å². The first-order chi connectivity index (χ1) is 8.95. The SMILES string of the molecule is CCC1COC(C)CN1S(=O)(=O)c1cnc(N)nc1. The Morgan fingerprint density at radius 2 is 2.11 bits per heavy atom. The molecule has 1 aliphatic rings. The first kappa shape index (κ1) is 14.2. The molecular weight excluding hydrogens is 268 g/mol. The molecule has 0 radical (unpaired) electrons. The molecular formula is C11H18N4O3S. The molecule has 1 saturated heterocycles. The van der Waals surface area contributed by atoms with Crippen molar-refractivity contribution in [1.82, 2.24) is 14.3 Å². The number of anilines is 1. The second-order valence-corrected chi connectivity index (χ2v) is 6.45. The summed E-state index contributed by atoms with van der Waals surface area (Å²) in [5.41, 5.74) is 5.37. The molecule has 0 amide bonds. The lowest BCUT2D eigenvalue weighted by atomic mass is 10.2. The van der Waals surface area contributed by atoms with E-state index in [1.807, 2.05) is 13.8 Å². The summed E-state index contributed by atoms with van der Waals surface area (Å²) in [6, 6.07) is -0.154. The second-order valence-electron chi connectivity index (χ2n) is 4.56. The smallest absolute Gasteiger partial charge is 0.246 e. The van der Waals surface area contributed by atoms with Gasteiger partial charge in [0, 0.05) is 12.6 Å². The zero-order valence-corrected chi connectivity index (χ0v) is 11.8. The molecule has 7 nitrogen and oxygen atoms in total. The third-order valence-corrected chi connectivity index (χ3v) is 5.01. The van der Waals surface area contributed by atoms with Gasteiger partial charge in [-0.05, 0) is 13.3 Å². The topological polar surface area (TPSA) is 98.4 Å². The van der Waals surface area contributed by atoms with Crippen molar-refractivity contribution < 1.29 is 13.2 Å². The molecule has 2 heterocycles. The maximum Gasteiger partial charge on any atom is 0.246 e. The highest BCUT2D eigenvalue weighted by Crippen LogP contribution is 2.23. The van der Waals surface area contributed by atoms with Gasteiger partial charge in [0.25, 0.3) is 0 Å². The molecule has 0 aliphatic carbocycles. The van der Waals surface area contributed by atoms with Crippen molar-refractivity contribution in [3.05, 3.63) is 12.4 Å². The van der Waals surface area contributed by atoms with Crippen molar-refractivity contribution in [2.75, 3.05) is 18.9 Å². The van der Waals surface area contributed by atoms with Crippen molar-refractivity contribution >= 4 is 16.0 Å². The zero-order valence-electron chi connectivity index (χ0n) is 11.0. The van der Waals surface area contributed by atoms with Gasteiger partial charge >= 0.3 is 0 Å². The van der Waals surface area contributed by atoms with Crippen LogP contribution in [0, 0.1) is 0 Å². The number of nitrogen functional groups attached to an aromatic ring is 1. The maximum absolute atomic E-state index is 12.6. The zero-order chi connectivity index (χ0) is 14.0. The molecule has 0 spiro atoms. The van der Waals surface area contributed by atoms with Crippen molar-refractivity contribution in [2.45, 2.75) is 37.3 Å². The first-order valence-corrected chi connectivity index (χ1v) is 7.60. The van der Waals surface area contributed by atoms with Crippen LogP contribution in [0.5, 0.6) is 0 Å². The molecule has 2 N–H and O–H groups in total. The standard InChI is InChI=1S/C11H18N4O3S/c1-3-9-7-18-8(2)6-15(9)19(16,17)10-4-13-11(12)14-5-10/h4-5,8-9H,3,6-7H2,1-2H3,(H2,12,13,14). The minimum Gasteiger partial charge on any atom is -0.375 e. The summed E-state index contributed by atoms with van der Waals surface area (Å²) < 4.78 is 32.1. The highest BCUT2D eigenvalue weighted by Gasteiger charge is 2.35. The van der Waals surface area contributed by atoms with Crippen LogP contribution in [0.1, 0.15) is 20.3 Å². The lowest BCUT2D eigenvalue weighted by molar-refractivity contribution is -0.0230. The fourth-order valence-electron chi connectivity index (χ4n) is 2.02. The molecule has 1 aromatic heterocycles. The number of hydrogen-bond acceptors (Lipinski definition) is 6. The largest absolute Gasteiger partial charge is 0.375 e. The number of nitrogens with zero attached hydrogens (tertiary/aromatic N) is 3. The number of hydrogen-bond donors (Lipinski definition) is 1. The van der Waals surface area contributed by atoms with Crippen LogP contribution < -0.4 is 5.73 Å². The van der Waals surface area contributed by atoms with Gasteiger partial charge in [0.1, 0.15) is 4.90 Å². The highest BCUT2D eigenvalue weighted by molar-refractivity contribution is 7.89. The third kappa shape index (κ3) is 2.85. The van der Waals surface area contributed by atoms with Crippen LogP contribution in [0.15, 0.2) is 17.3 Å². The molecule has 19 heavy (non-hydrogen) atoms. The number of ether oxygens (including phenoxy) is 1. The van der Waals surface area contributed by atoms with Crippen LogP contribution >= 0.6 is 0 Å². The van der Waals surface area contributed by atoms with E-state index >= 15 is 0 Å². The van der Waals surface area contributed by atoms with Crippen molar-refractivity contribution in [2.24, 2.45) is 0 Å². The Balaban J connectivity index is 2.33. The van der Waals surface area contributed by atoms with E-state index in [-0.39, 0.29) is 23.0 Å². The number of nitrogens with two attached hydrogens (primary N) is 1. The molecule has 2 atom stereocenters. The highest BCUT2D eigenvalue weighted by atomic mass is 32.2. The Labute approximate surface area is 112 Å². The lowest BCUT2D eigenvalue weighted by Crippen LogP contribution is -2.51. The van der Waals surface area contributed by atoms with Gasteiger partial charge in [-0.3, -0.25) is 0 Å². The van der Waals surface area contributed by atoms with E-state index in [1.54, 1.807) is 0 Å². The van der Waals surface area contributed by atoms with Crippen LogP contribution in [0.3, 0.4) is 0 Å². The second kappa shape index (κ2) is 5.40. The Hall–Kier alpha value is -1.25. The van der Waals surface area contributed by atoms with Gasteiger partial charge in [-0.15, -0.1) is 0 Å². The van der Waals surface area contributed by atoms with Gasteiger partial charge in [-0.1, -0.05) is 6.92 Å². The molecule has 0 aromatic carbocycles. The number of aromatic nitrogens is 2. The molecule has 1 fully saturated rings. The van der Waals surface area contributed by atoms with Crippen LogP contribution in [-0.4, -0.2) is 48.0 Å². The van der Waals surface area contributed by atoms with Gasteiger partial charge < -0.3 is 10.5 Å². The molecule has 0 saturated carbocycles. The third-order valence-electron chi connectivity index (χ3n) is 3.14. The van der Waals surface area contributed by atoms with Crippen LogP contribution in [0.25, 0.3) is 0 Å². The van der Waals surface area contributed by atoms with Gasteiger partial charge in [0.2, 0.25) is 16.0 Å².